The predicted octanol–water partition coefficient (Wildman–Crippen LogP) is 2.43. The molecule has 0 saturated carbocycles. The number of nitrogens with one attached hydrogen (secondary N) is 1. The first kappa shape index (κ1) is 13.4. The number of aromatic nitrogens is 2. The summed E-state index contributed by atoms with van der Waals surface area (Å²) in [5.41, 5.74) is 6.64. The molecule has 0 bridgehead atoms. The van der Waals surface area contributed by atoms with Gasteiger partial charge in [0.05, 0.1) is 5.69 Å². The third-order valence-corrected chi connectivity index (χ3v) is 2.72. The van der Waals surface area contributed by atoms with E-state index in [1.165, 1.54) is 6.07 Å². The van der Waals surface area contributed by atoms with E-state index in [1.54, 1.807) is 30.3 Å². The largest absolute Gasteiger partial charge is 0.369 e. The van der Waals surface area contributed by atoms with Crippen molar-refractivity contribution < 1.29 is 4.39 Å². The van der Waals surface area contributed by atoms with Crippen LogP contribution in [0.15, 0.2) is 36.4 Å². The van der Waals surface area contributed by atoms with Crippen molar-refractivity contribution in [3.63, 3.8) is 0 Å². The van der Waals surface area contributed by atoms with Gasteiger partial charge < -0.3 is 11.1 Å². The summed E-state index contributed by atoms with van der Waals surface area (Å²) in [4.78, 5) is 0. The molecule has 100 valence electrons. The average Bonchev–Trinajstić information content (AvgIpc) is 2.40. The normalized spacial score (nSPS) is 12.2. The van der Waals surface area contributed by atoms with E-state index in [9.17, 15) is 4.39 Å². The predicted molar refractivity (Wildman–Crippen MR) is 74.2 cm³/mol. The highest BCUT2D eigenvalue weighted by Crippen LogP contribution is 2.20. The molecule has 0 spiro atoms. The number of benzene rings is 1. The molecule has 2 aromatic rings. The molecule has 19 heavy (non-hydrogen) atoms. The number of hydrogen-bond donors (Lipinski definition) is 2. The molecule has 0 saturated heterocycles. The number of hydrogen-bond acceptors (Lipinski definition) is 4. The van der Waals surface area contributed by atoms with Gasteiger partial charge in [0, 0.05) is 18.2 Å². The molecule has 0 radical (unpaired) electrons. The summed E-state index contributed by atoms with van der Waals surface area (Å²) in [5, 5.41) is 11.2. The second-order valence-corrected chi connectivity index (χ2v) is 4.48. The van der Waals surface area contributed by atoms with Gasteiger partial charge in [-0.2, -0.15) is 0 Å². The second-order valence-electron chi connectivity index (χ2n) is 4.48. The molecule has 1 aromatic heterocycles. The first-order valence-electron chi connectivity index (χ1n) is 6.25. The van der Waals surface area contributed by atoms with Gasteiger partial charge in [0.1, 0.15) is 11.6 Å². The highest BCUT2D eigenvalue weighted by Gasteiger charge is 2.06. The fourth-order valence-corrected chi connectivity index (χ4v) is 1.67. The van der Waals surface area contributed by atoms with Crippen molar-refractivity contribution in [3.8, 4) is 11.3 Å². The highest BCUT2D eigenvalue weighted by molar-refractivity contribution is 5.60. The molecule has 2 rings (SSSR count). The first-order valence-corrected chi connectivity index (χ1v) is 6.25. The Morgan fingerprint density at radius 3 is 2.63 bits per heavy atom. The maximum Gasteiger partial charge on any atom is 0.148 e. The van der Waals surface area contributed by atoms with Crippen molar-refractivity contribution >= 4 is 5.82 Å². The van der Waals surface area contributed by atoms with Crippen LogP contribution in [0, 0.1) is 5.82 Å². The van der Waals surface area contributed by atoms with Crippen LogP contribution >= 0.6 is 0 Å². The van der Waals surface area contributed by atoms with Crippen LogP contribution in [0.4, 0.5) is 10.2 Å². The van der Waals surface area contributed by atoms with Crippen LogP contribution in [0.3, 0.4) is 0 Å². The Morgan fingerprint density at radius 2 is 2.00 bits per heavy atom. The summed E-state index contributed by atoms with van der Waals surface area (Å²) in [6.07, 6.45) is 0.858. The van der Waals surface area contributed by atoms with Gasteiger partial charge >= 0.3 is 0 Å². The molecule has 1 atom stereocenters. The minimum absolute atomic E-state index is 0.151. The van der Waals surface area contributed by atoms with Gasteiger partial charge in [0.25, 0.3) is 0 Å². The van der Waals surface area contributed by atoms with E-state index in [2.05, 4.69) is 15.5 Å². The lowest BCUT2D eigenvalue weighted by Gasteiger charge is -2.07. The third kappa shape index (κ3) is 3.72. The second kappa shape index (κ2) is 6.24. The lowest BCUT2D eigenvalue weighted by molar-refractivity contribution is 0.630. The van der Waals surface area contributed by atoms with Crippen molar-refractivity contribution in [3.05, 3.63) is 42.2 Å². The average molecular weight is 260 g/mol. The number of nitrogens with two attached hydrogens (primary N) is 1. The van der Waals surface area contributed by atoms with Gasteiger partial charge in [-0.25, -0.2) is 4.39 Å². The van der Waals surface area contributed by atoms with E-state index in [0.717, 1.165) is 13.0 Å². The molecule has 5 heteroatoms. The van der Waals surface area contributed by atoms with Crippen LogP contribution < -0.4 is 11.1 Å². The molecule has 1 unspecified atom stereocenters. The van der Waals surface area contributed by atoms with E-state index in [-0.39, 0.29) is 11.9 Å². The van der Waals surface area contributed by atoms with Crippen molar-refractivity contribution in [1.29, 1.82) is 0 Å². The van der Waals surface area contributed by atoms with E-state index in [0.29, 0.717) is 17.1 Å². The number of anilines is 1. The van der Waals surface area contributed by atoms with Crippen LogP contribution in [-0.4, -0.2) is 22.8 Å². The standard InChI is InChI=1S/C14H17FN4/c1-10(16)8-9-17-14-7-6-13(18-19-14)11-4-2-3-5-12(11)15/h2-7,10H,8-9,16H2,1H3,(H,17,19). The molecule has 0 aliphatic heterocycles. The van der Waals surface area contributed by atoms with Crippen LogP contribution in [0.1, 0.15) is 13.3 Å². The Labute approximate surface area is 111 Å². The summed E-state index contributed by atoms with van der Waals surface area (Å²) >= 11 is 0. The molecular weight excluding hydrogens is 243 g/mol. The monoisotopic (exact) mass is 260 g/mol. The van der Waals surface area contributed by atoms with E-state index in [1.807, 2.05) is 6.92 Å². The lowest BCUT2D eigenvalue weighted by atomic mass is 10.1. The smallest absolute Gasteiger partial charge is 0.148 e. The highest BCUT2D eigenvalue weighted by atomic mass is 19.1. The summed E-state index contributed by atoms with van der Waals surface area (Å²) in [6.45, 7) is 2.69. The van der Waals surface area contributed by atoms with Crippen LogP contribution in [0.2, 0.25) is 0 Å². The fraction of sp³-hybridized carbons (Fsp3) is 0.286. The molecule has 1 aromatic carbocycles. The SMILES string of the molecule is CC(N)CCNc1ccc(-c2ccccc2F)nn1. The molecule has 0 fully saturated rings. The van der Waals surface area contributed by atoms with Crippen LogP contribution in [0.25, 0.3) is 11.3 Å². The van der Waals surface area contributed by atoms with Crippen LogP contribution in [-0.2, 0) is 0 Å². The molecule has 0 aliphatic rings. The molecule has 0 amide bonds. The van der Waals surface area contributed by atoms with E-state index >= 15 is 0 Å². The summed E-state index contributed by atoms with van der Waals surface area (Å²) in [6, 6.07) is 10.2. The topological polar surface area (TPSA) is 63.8 Å². The quantitative estimate of drug-likeness (QED) is 0.866. The van der Waals surface area contributed by atoms with Crippen molar-refractivity contribution in [1.82, 2.24) is 10.2 Å². The van der Waals surface area contributed by atoms with Gasteiger partial charge in [0.15, 0.2) is 0 Å². The molecule has 4 nitrogen and oxygen atoms in total. The van der Waals surface area contributed by atoms with Crippen molar-refractivity contribution in [2.75, 3.05) is 11.9 Å². The van der Waals surface area contributed by atoms with Gasteiger partial charge in [0.2, 0.25) is 0 Å². The molecule has 1 heterocycles. The first-order chi connectivity index (χ1) is 9.16. The van der Waals surface area contributed by atoms with E-state index < -0.39 is 0 Å². The zero-order valence-electron chi connectivity index (χ0n) is 10.8. The minimum Gasteiger partial charge on any atom is -0.369 e. The molecular formula is C14H17FN4. The van der Waals surface area contributed by atoms with Crippen molar-refractivity contribution in [2.24, 2.45) is 5.73 Å². The van der Waals surface area contributed by atoms with Gasteiger partial charge in [-0.05, 0) is 37.6 Å². The molecule has 0 aliphatic carbocycles. The number of halogens is 1. The van der Waals surface area contributed by atoms with Gasteiger partial charge in [-0.3, -0.25) is 0 Å². The number of rotatable bonds is 5. The van der Waals surface area contributed by atoms with E-state index in [4.69, 9.17) is 5.73 Å². The Hall–Kier alpha value is -2.01. The van der Waals surface area contributed by atoms with Crippen LogP contribution in [0.5, 0.6) is 0 Å². The fourth-order valence-electron chi connectivity index (χ4n) is 1.67. The Kier molecular flexibility index (Phi) is 4.41. The van der Waals surface area contributed by atoms with Gasteiger partial charge in [-0.1, -0.05) is 12.1 Å². The maximum atomic E-state index is 13.6. The zero-order chi connectivity index (χ0) is 13.7. The Balaban J connectivity index is 2.04. The maximum absolute atomic E-state index is 13.6. The Morgan fingerprint density at radius 1 is 1.21 bits per heavy atom. The summed E-state index contributed by atoms with van der Waals surface area (Å²) in [5.74, 6) is 0.371. The zero-order valence-corrected chi connectivity index (χ0v) is 10.8. The third-order valence-electron chi connectivity index (χ3n) is 2.72. The summed E-state index contributed by atoms with van der Waals surface area (Å²) in [7, 11) is 0. The number of nitrogens with zero attached hydrogens (tertiary/aromatic N) is 2. The minimum atomic E-state index is -0.297. The summed E-state index contributed by atoms with van der Waals surface area (Å²) < 4.78 is 13.6. The Bertz CT molecular complexity index is 525. The van der Waals surface area contributed by atoms with Crippen molar-refractivity contribution in [2.45, 2.75) is 19.4 Å². The molecule has 3 N–H and O–H groups in total. The lowest BCUT2D eigenvalue weighted by Crippen LogP contribution is -2.19. The van der Waals surface area contributed by atoms with Gasteiger partial charge in [-0.15, -0.1) is 10.2 Å².